The number of hydrogen-bond acceptors (Lipinski definition) is 4. The van der Waals surface area contributed by atoms with Crippen LogP contribution in [0.3, 0.4) is 0 Å². The number of carbonyl (C=O) groups is 1. The maximum absolute atomic E-state index is 12.4. The summed E-state index contributed by atoms with van der Waals surface area (Å²) in [4.78, 5) is 14.8. The van der Waals surface area contributed by atoms with Crippen molar-refractivity contribution in [1.82, 2.24) is 5.32 Å². The first-order valence-electron chi connectivity index (χ1n) is 7.74. The predicted octanol–water partition coefficient (Wildman–Crippen LogP) is 1.98. The standard InChI is InChI=1S/C17H24N2O2/c1-12-10-13-6-4-5-7-15(13)19(12)11-17(18-2,14-8-9-14)16(20)21-3/h4-7,12,14,18H,8-11H2,1-3H3. The molecule has 0 amide bonds. The van der Waals surface area contributed by atoms with Crippen LogP contribution in [-0.4, -0.2) is 38.3 Å². The second kappa shape index (κ2) is 5.34. The maximum atomic E-state index is 12.4. The van der Waals surface area contributed by atoms with Crippen molar-refractivity contribution in [3.05, 3.63) is 29.8 Å². The molecule has 0 spiro atoms. The summed E-state index contributed by atoms with van der Waals surface area (Å²) in [5, 5.41) is 3.29. The molecule has 21 heavy (non-hydrogen) atoms. The van der Waals surface area contributed by atoms with Crippen molar-refractivity contribution in [2.75, 3.05) is 25.6 Å². The fourth-order valence-corrected chi connectivity index (χ4v) is 3.64. The molecule has 2 atom stereocenters. The molecular formula is C17H24N2O2. The van der Waals surface area contributed by atoms with Crippen LogP contribution in [0.4, 0.5) is 5.69 Å². The Kier molecular flexibility index (Phi) is 3.66. The van der Waals surface area contributed by atoms with E-state index in [0.717, 1.165) is 19.3 Å². The second-order valence-electron chi connectivity index (χ2n) is 6.30. The first kappa shape index (κ1) is 14.4. The van der Waals surface area contributed by atoms with Gasteiger partial charge in [-0.05, 0) is 50.8 Å². The molecule has 1 aromatic rings. The van der Waals surface area contributed by atoms with E-state index in [1.807, 2.05) is 7.05 Å². The predicted molar refractivity (Wildman–Crippen MR) is 83.5 cm³/mol. The van der Waals surface area contributed by atoms with Gasteiger partial charge in [0.25, 0.3) is 0 Å². The molecule has 0 radical (unpaired) electrons. The number of hydrogen-bond donors (Lipinski definition) is 1. The summed E-state index contributed by atoms with van der Waals surface area (Å²) in [5.74, 6) is 0.249. The van der Waals surface area contributed by atoms with Gasteiger partial charge in [0.2, 0.25) is 0 Å². The Morgan fingerprint density at radius 2 is 2.14 bits per heavy atom. The van der Waals surface area contributed by atoms with E-state index in [1.165, 1.54) is 18.4 Å². The normalized spacial score (nSPS) is 23.6. The number of anilines is 1. The van der Waals surface area contributed by atoms with E-state index < -0.39 is 5.54 Å². The number of nitrogens with one attached hydrogen (secondary N) is 1. The molecule has 0 saturated heterocycles. The zero-order valence-corrected chi connectivity index (χ0v) is 13.1. The molecule has 1 heterocycles. The van der Waals surface area contributed by atoms with Crippen molar-refractivity contribution in [2.45, 2.75) is 37.8 Å². The van der Waals surface area contributed by atoms with Gasteiger partial charge in [0.1, 0.15) is 5.54 Å². The third-order valence-corrected chi connectivity index (χ3v) is 5.04. The van der Waals surface area contributed by atoms with Gasteiger partial charge in [0.15, 0.2) is 0 Å². The zero-order valence-electron chi connectivity index (χ0n) is 13.1. The highest BCUT2D eigenvalue weighted by molar-refractivity contribution is 5.83. The van der Waals surface area contributed by atoms with Crippen LogP contribution in [0.1, 0.15) is 25.3 Å². The molecule has 4 heteroatoms. The van der Waals surface area contributed by atoms with Gasteiger partial charge < -0.3 is 15.0 Å². The number of nitrogens with zero attached hydrogens (tertiary/aromatic N) is 1. The molecule has 0 bridgehead atoms. The van der Waals surface area contributed by atoms with Crippen LogP contribution >= 0.6 is 0 Å². The molecule has 1 aromatic carbocycles. The summed E-state index contributed by atoms with van der Waals surface area (Å²) in [6.45, 7) is 2.91. The molecule has 114 valence electrons. The summed E-state index contributed by atoms with van der Waals surface area (Å²) in [6, 6.07) is 8.91. The lowest BCUT2D eigenvalue weighted by Gasteiger charge is -2.37. The summed E-state index contributed by atoms with van der Waals surface area (Å²) in [5.41, 5.74) is 2.05. The number of ether oxygens (including phenoxy) is 1. The number of para-hydroxylation sites is 1. The van der Waals surface area contributed by atoms with Crippen molar-refractivity contribution >= 4 is 11.7 Å². The average Bonchev–Trinajstić information content (AvgIpc) is 3.30. The first-order chi connectivity index (χ1) is 10.1. The van der Waals surface area contributed by atoms with Gasteiger partial charge in [-0.25, -0.2) is 4.79 Å². The van der Waals surface area contributed by atoms with Crippen LogP contribution in [0.25, 0.3) is 0 Å². The monoisotopic (exact) mass is 288 g/mol. The lowest BCUT2D eigenvalue weighted by atomic mass is 9.92. The van der Waals surface area contributed by atoms with E-state index in [2.05, 4.69) is 41.4 Å². The number of rotatable bonds is 5. The van der Waals surface area contributed by atoms with Gasteiger partial charge in [-0.3, -0.25) is 0 Å². The summed E-state index contributed by atoms with van der Waals surface area (Å²) < 4.78 is 5.11. The Hall–Kier alpha value is -1.55. The summed E-state index contributed by atoms with van der Waals surface area (Å²) in [7, 11) is 3.36. The summed E-state index contributed by atoms with van der Waals surface area (Å²) >= 11 is 0. The minimum Gasteiger partial charge on any atom is -0.468 e. The van der Waals surface area contributed by atoms with E-state index in [-0.39, 0.29) is 5.97 Å². The van der Waals surface area contributed by atoms with Gasteiger partial charge in [-0.2, -0.15) is 0 Å². The Morgan fingerprint density at radius 1 is 1.43 bits per heavy atom. The Balaban J connectivity index is 1.91. The van der Waals surface area contributed by atoms with Crippen LogP contribution in [0.2, 0.25) is 0 Å². The van der Waals surface area contributed by atoms with Crippen molar-refractivity contribution in [3.8, 4) is 0 Å². The van der Waals surface area contributed by atoms with Crippen LogP contribution in [0.15, 0.2) is 24.3 Å². The van der Waals surface area contributed by atoms with Crippen LogP contribution in [0.5, 0.6) is 0 Å². The number of esters is 1. The van der Waals surface area contributed by atoms with Crippen molar-refractivity contribution in [3.63, 3.8) is 0 Å². The molecule has 1 saturated carbocycles. The zero-order chi connectivity index (χ0) is 15.0. The molecule has 4 nitrogen and oxygen atoms in total. The smallest absolute Gasteiger partial charge is 0.328 e. The summed E-state index contributed by atoms with van der Waals surface area (Å²) in [6.07, 6.45) is 3.24. The molecule has 2 aliphatic rings. The van der Waals surface area contributed by atoms with Crippen LogP contribution in [-0.2, 0) is 16.0 Å². The molecule has 2 unspecified atom stereocenters. The SMILES string of the molecule is CNC(CN1c2ccccc2CC1C)(C(=O)OC)C1CC1. The van der Waals surface area contributed by atoms with E-state index in [0.29, 0.717) is 18.5 Å². The number of methoxy groups -OCH3 is 1. The first-order valence-corrected chi connectivity index (χ1v) is 7.74. The lowest BCUT2D eigenvalue weighted by molar-refractivity contribution is -0.149. The van der Waals surface area contributed by atoms with Crippen molar-refractivity contribution < 1.29 is 9.53 Å². The van der Waals surface area contributed by atoms with Gasteiger partial charge in [0, 0.05) is 18.3 Å². The Labute approximate surface area is 126 Å². The highest BCUT2D eigenvalue weighted by Gasteiger charge is 2.52. The maximum Gasteiger partial charge on any atom is 0.328 e. The fourth-order valence-electron chi connectivity index (χ4n) is 3.64. The van der Waals surface area contributed by atoms with Crippen molar-refractivity contribution in [1.29, 1.82) is 0 Å². The van der Waals surface area contributed by atoms with E-state index >= 15 is 0 Å². The molecular weight excluding hydrogens is 264 g/mol. The van der Waals surface area contributed by atoms with E-state index in [1.54, 1.807) is 0 Å². The molecule has 1 aliphatic heterocycles. The highest BCUT2D eigenvalue weighted by Crippen LogP contribution is 2.43. The third kappa shape index (κ3) is 2.31. The minimum atomic E-state index is -0.583. The van der Waals surface area contributed by atoms with Gasteiger partial charge >= 0.3 is 5.97 Å². The van der Waals surface area contributed by atoms with Crippen molar-refractivity contribution in [2.24, 2.45) is 5.92 Å². The number of fused-ring (bicyclic) bond motifs is 1. The molecule has 1 aliphatic carbocycles. The molecule has 3 rings (SSSR count). The Morgan fingerprint density at radius 3 is 2.76 bits per heavy atom. The van der Waals surface area contributed by atoms with Gasteiger partial charge in [-0.1, -0.05) is 18.2 Å². The number of carbonyl (C=O) groups excluding carboxylic acids is 1. The highest BCUT2D eigenvalue weighted by atomic mass is 16.5. The van der Waals surface area contributed by atoms with E-state index in [9.17, 15) is 4.79 Å². The average molecular weight is 288 g/mol. The fraction of sp³-hybridized carbons (Fsp3) is 0.588. The Bertz CT molecular complexity index is 541. The van der Waals surface area contributed by atoms with Gasteiger partial charge in [-0.15, -0.1) is 0 Å². The minimum absolute atomic E-state index is 0.135. The third-order valence-electron chi connectivity index (χ3n) is 5.04. The van der Waals surface area contributed by atoms with Crippen LogP contribution in [0, 0.1) is 5.92 Å². The molecule has 1 N–H and O–H groups in total. The topological polar surface area (TPSA) is 41.6 Å². The lowest BCUT2D eigenvalue weighted by Crippen LogP contribution is -2.61. The largest absolute Gasteiger partial charge is 0.468 e. The molecule has 0 aromatic heterocycles. The quantitative estimate of drug-likeness (QED) is 0.841. The number of benzene rings is 1. The van der Waals surface area contributed by atoms with E-state index in [4.69, 9.17) is 4.74 Å². The molecule has 1 fully saturated rings. The van der Waals surface area contributed by atoms with Crippen LogP contribution < -0.4 is 10.2 Å². The second-order valence-corrected chi connectivity index (χ2v) is 6.30. The van der Waals surface area contributed by atoms with Gasteiger partial charge in [0.05, 0.1) is 7.11 Å². The number of likely N-dealkylation sites (N-methyl/N-ethyl adjacent to an activating group) is 1.